The predicted molar refractivity (Wildman–Crippen MR) is 44.0 cm³/mol. The Morgan fingerprint density at radius 2 is 2.55 bits per heavy atom. The molecule has 0 saturated heterocycles. The molecule has 0 fully saturated rings. The molecule has 1 amide bonds. The van der Waals surface area contributed by atoms with Gasteiger partial charge in [-0.3, -0.25) is 4.79 Å². The molecule has 0 aliphatic rings. The van der Waals surface area contributed by atoms with Gasteiger partial charge in [0.2, 0.25) is 0 Å². The third-order valence-electron chi connectivity index (χ3n) is 1.15. The zero-order valence-electron chi connectivity index (χ0n) is 6.13. The normalized spacial score (nSPS) is 9.55. The number of carbonyl (C=O) groups excluding carboxylic acids is 1. The lowest BCUT2D eigenvalue weighted by Gasteiger charge is -1.95. The summed E-state index contributed by atoms with van der Waals surface area (Å²) in [6, 6.07) is 1.45. The first kappa shape index (κ1) is 8.07. The number of rotatable bonds is 2. The Hall–Kier alpha value is -1.03. The van der Waals surface area contributed by atoms with Crippen LogP contribution in [0, 0.1) is 0 Å². The highest BCUT2D eigenvalue weighted by Crippen LogP contribution is 2.19. The number of nitrogens with one attached hydrogen (secondary N) is 1. The van der Waals surface area contributed by atoms with E-state index in [1.807, 2.05) is 6.92 Å². The van der Waals surface area contributed by atoms with Gasteiger partial charge in [0.25, 0.3) is 5.91 Å². The molecule has 11 heavy (non-hydrogen) atoms. The molecule has 1 aromatic heterocycles. The lowest BCUT2D eigenvalue weighted by molar-refractivity contribution is 0.0959. The summed E-state index contributed by atoms with van der Waals surface area (Å²) >= 11 is 1.24. The van der Waals surface area contributed by atoms with Gasteiger partial charge < -0.3 is 10.4 Å². The van der Waals surface area contributed by atoms with Crippen LogP contribution in [0.4, 0.5) is 0 Å². The summed E-state index contributed by atoms with van der Waals surface area (Å²) in [6.45, 7) is 2.46. The molecule has 4 heteroatoms. The predicted octanol–water partition coefficient (Wildman–Crippen LogP) is 1.20. The standard InChI is InChI=1S/C7H9NO2S/c1-2-8-7(10)6-3-5(9)4-11-6/h3-4,9H,2H2,1H3,(H,8,10). The summed E-state index contributed by atoms with van der Waals surface area (Å²) in [5.41, 5.74) is 0. The van der Waals surface area contributed by atoms with E-state index in [0.29, 0.717) is 11.4 Å². The fraction of sp³-hybridized carbons (Fsp3) is 0.286. The van der Waals surface area contributed by atoms with Crippen molar-refractivity contribution in [1.29, 1.82) is 0 Å². The van der Waals surface area contributed by atoms with Crippen LogP contribution in [0.3, 0.4) is 0 Å². The van der Waals surface area contributed by atoms with E-state index in [4.69, 9.17) is 5.11 Å². The van der Waals surface area contributed by atoms with E-state index < -0.39 is 0 Å². The molecular formula is C7H9NO2S. The van der Waals surface area contributed by atoms with Gasteiger partial charge in [-0.25, -0.2) is 0 Å². The maximum atomic E-state index is 11.0. The van der Waals surface area contributed by atoms with E-state index in [1.54, 1.807) is 0 Å². The summed E-state index contributed by atoms with van der Waals surface area (Å²) in [5, 5.41) is 13.1. The van der Waals surface area contributed by atoms with Crippen molar-refractivity contribution in [2.75, 3.05) is 6.54 Å². The van der Waals surface area contributed by atoms with Crippen molar-refractivity contribution >= 4 is 17.2 Å². The molecule has 1 aromatic rings. The zero-order valence-corrected chi connectivity index (χ0v) is 6.94. The zero-order chi connectivity index (χ0) is 8.27. The maximum Gasteiger partial charge on any atom is 0.261 e. The first-order valence-corrected chi connectivity index (χ1v) is 4.17. The number of carbonyl (C=O) groups is 1. The van der Waals surface area contributed by atoms with Crippen LogP contribution < -0.4 is 5.32 Å². The largest absolute Gasteiger partial charge is 0.507 e. The second-order valence-electron chi connectivity index (χ2n) is 2.03. The SMILES string of the molecule is CCNC(=O)c1cc(O)cs1. The average molecular weight is 171 g/mol. The minimum absolute atomic E-state index is 0.127. The highest BCUT2D eigenvalue weighted by molar-refractivity contribution is 7.12. The Morgan fingerprint density at radius 3 is 3.00 bits per heavy atom. The smallest absolute Gasteiger partial charge is 0.261 e. The molecular weight excluding hydrogens is 162 g/mol. The monoisotopic (exact) mass is 171 g/mol. The molecule has 3 nitrogen and oxygen atoms in total. The Bertz CT molecular complexity index is 257. The fourth-order valence-electron chi connectivity index (χ4n) is 0.693. The number of thiophene rings is 1. The van der Waals surface area contributed by atoms with Crippen LogP contribution >= 0.6 is 11.3 Å². The third kappa shape index (κ3) is 1.94. The van der Waals surface area contributed by atoms with Gasteiger partial charge in [-0.1, -0.05) is 0 Å². The first-order chi connectivity index (χ1) is 5.24. The van der Waals surface area contributed by atoms with Crippen LogP contribution in [0.5, 0.6) is 5.75 Å². The molecule has 1 heterocycles. The van der Waals surface area contributed by atoms with Gasteiger partial charge >= 0.3 is 0 Å². The number of amides is 1. The molecule has 2 N–H and O–H groups in total. The van der Waals surface area contributed by atoms with E-state index in [1.165, 1.54) is 22.8 Å². The highest BCUT2D eigenvalue weighted by Gasteiger charge is 2.06. The molecule has 0 spiro atoms. The molecule has 0 aliphatic carbocycles. The molecule has 0 atom stereocenters. The Balaban J connectivity index is 2.69. The second kappa shape index (κ2) is 3.39. The molecule has 1 rings (SSSR count). The van der Waals surface area contributed by atoms with Gasteiger partial charge in [0.05, 0.1) is 4.88 Å². The number of hydrogen-bond acceptors (Lipinski definition) is 3. The molecule has 0 saturated carbocycles. The van der Waals surface area contributed by atoms with Crippen molar-refractivity contribution in [1.82, 2.24) is 5.32 Å². The van der Waals surface area contributed by atoms with Gasteiger partial charge in [0, 0.05) is 18.0 Å². The summed E-state index contributed by atoms with van der Waals surface area (Å²) in [6.07, 6.45) is 0. The van der Waals surface area contributed by atoms with E-state index >= 15 is 0 Å². The number of aromatic hydroxyl groups is 1. The molecule has 0 aliphatic heterocycles. The summed E-state index contributed by atoms with van der Waals surface area (Å²) in [5.74, 6) is 0.0223. The van der Waals surface area contributed by atoms with E-state index in [2.05, 4.69) is 5.32 Å². The van der Waals surface area contributed by atoms with Crippen molar-refractivity contribution in [3.63, 3.8) is 0 Å². The Kier molecular flexibility index (Phi) is 2.48. The first-order valence-electron chi connectivity index (χ1n) is 3.29. The van der Waals surface area contributed by atoms with Crippen LogP contribution in [0.15, 0.2) is 11.4 Å². The van der Waals surface area contributed by atoms with Crippen molar-refractivity contribution in [2.24, 2.45) is 0 Å². The minimum atomic E-state index is -0.127. The summed E-state index contributed by atoms with van der Waals surface area (Å²) in [4.78, 5) is 11.6. The van der Waals surface area contributed by atoms with E-state index in [9.17, 15) is 4.79 Å². The third-order valence-corrected chi connectivity index (χ3v) is 2.06. The lowest BCUT2D eigenvalue weighted by atomic mass is 10.4. The van der Waals surface area contributed by atoms with Crippen molar-refractivity contribution in [3.8, 4) is 5.75 Å². The molecule has 0 aromatic carbocycles. The summed E-state index contributed by atoms with van der Waals surface area (Å²) < 4.78 is 0. The van der Waals surface area contributed by atoms with Gasteiger partial charge in [0.15, 0.2) is 0 Å². The van der Waals surface area contributed by atoms with Crippen LogP contribution in [0.25, 0.3) is 0 Å². The topological polar surface area (TPSA) is 49.3 Å². The number of hydrogen-bond donors (Lipinski definition) is 2. The van der Waals surface area contributed by atoms with Gasteiger partial charge in [-0.05, 0) is 6.92 Å². The van der Waals surface area contributed by atoms with Crippen LogP contribution in [0.2, 0.25) is 0 Å². The van der Waals surface area contributed by atoms with Crippen LogP contribution in [-0.4, -0.2) is 17.6 Å². The van der Waals surface area contributed by atoms with Gasteiger partial charge in [-0.2, -0.15) is 0 Å². The summed E-state index contributed by atoms with van der Waals surface area (Å²) in [7, 11) is 0. The lowest BCUT2D eigenvalue weighted by Crippen LogP contribution is -2.21. The quantitative estimate of drug-likeness (QED) is 0.702. The Labute approximate surface area is 68.7 Å². The molecule has 60 valence electrons. The second-order valence-corrected chi connectivity index (χ2v) is 2.94. The maximum absolute atomic E-state index is 11.0. The molecule has 0 radical (unpaired) electrons. The van der Waals surface area contributed by atoms with Crippen molar-refractivity contribution in [2.45, 2.75) is 6.92 Å². The average Bonchev–Trinajstić information content (AvgIpc) is 2.36. The van der Waals surface area contributed by atoms with Gasteiger partial charge in [0.1, 0.15) is 5.75 Å². The van der Waals surface area contributed by atoms with Gasteiger partial charge in [-0.15, -0.1) is 11.3 Å². The van der Waals surface area contributed by atoms with Crippen molar-refractivity contribution < 1.29 is 9.90 Å². The Morgan fingerprint density at radius 1 is 1.82 bits per heavy atom. The minimum Gasteiger partial charge on any atom is -0.507 e. The molecule has 0 bridgehead atoms. The van der Waals surface area contributed by atoms with Crippen LogP contribution in [-0.2, 0) is 0 Å². The van der Waals surface area contributed by atoms with Crippen LogP contribution in [0.1, 0.15) is 16.6 Å². The van der Waals surface area contributed by atoms with E-state index in [0.717, 1.165) is 0 Å². The molecule has 0 unspecified atom stereocenters. The van der Waals surface area contributed by atoms with E-state index in [-0.39, 0.29) is 11.7 Å². The van der Waals surface area contributed by atoms with Crippen molar-refractivity contribution in [3.05, 3.63) is 16.3 Å². The fourth-order valence-corrected chi connectivity index (χ4v) is 1.38. The highest BCUT2D eigenvalue weighted by atomic mass is 32.1.